The van der Waals surface area contributed by atoms with E-state index in [1.165, 1.54) is 0 Å². The number of aromatic nitrogens is 1. The van der Waals surface area contributed by atoms with Crippen molar-refractivity contribution in [3.63, 3.8) is 0 Å². The number of phenolic OH excluding ortho intramolecular Hbond substituents is 1. The van der Waals surface area contributed by atoms with Gasteiger partial charge in [-0.2, -0.15) is 0 Å². The second-order valence-corrected chi connectivity index (χ2v) is 3.64. The molecule has 0 aliphatic heterocycles. The molecular weight excluding hydrogens is 202 g/mol. The van der Waals surface area contributed by atoms with Crippen LogP contribution in [0.4, 0.5) is 0 Å². The average molecular weight is 215 g/mol. The molecule has 0 bridgehead atoms. The summed E-state index contributed by atoms with van der Waals surface area (Å²) in [5.74, 6) is 0.214. The third kappa shape index (κ3) is 2.58. The van der Waals surface area contributed by atoms with Crippen molar-refractivity contribution in [2.75, 3.05) is 0 Å². The zero-order valence-corrected chi connectivity index (χ0v) is 8.74. The maximum absolute atomic E-state index is 9.92. The van der Waals surface area contributed by atoms with Gasteiger partial charge in [-0.1, -0.05) is 18.2 Å². The highest BCUT2D eigenvalue weighted by atomic mass is 16.3. The molecule has 0 aliphatic carbocycles. The summed E-state index contributed by atoms with van der Waals surface area (Å²) in [6.45, 7) is 0. The fourth-order valence-corrected chi connectivity index (χ4v) is 1.58. The number of aliphatic hydroxyl groups is 1. The Morgan fingerprint density at radius 2 is 2.00 bits per heavy atom. The zero-order valence-electron chi connectivity index (χ0n) is 8.74. The molecule has 0 fully saturated rings. The van der Waals surface area contributed by atoms with Gasteiger partial charge in [0.15, 0.2) is 0 Å². The quantitative estimate of drug-likeness (QED) is 0.824. The maximum atomic E-state index is 9.92. The fourth-order valence-electron chi connectivity index (χ4n) is 1.58. The summed E-state index contributed by atoms with van der Waals surface area (Å²) >= 11 is 0. The number of nitrogens with zero attached hydrogens (tertiary/aromatic N) is 1. The van der Waals surface area contributed by atoms with E-state index >= 15 is 0 Å². The highest BCUT2D eigenvalue weighted by Gasteiger charge is 2.09. The van der Waals surface area contributed by atoms with Crippen LogP contribution in [0.1, 0.15) is 17.4 Å². The van der Waals surface area contributed by atoms with Crippen molar-refractivity contribution in [2.45, 2.75) is 12.5 Å². The predicted molar refractivity (Wildman–Crippen MR) is 61.0 cm³/mol. The number of rotatable bonds is 3. The molecule has 1 unspecified atom stereocenters. The van der Waals surface area contributed by atoms with Crippen LogP contribution in [0.15, 0.2) is 48.7 Å². The van der Waals surface area contributed by atoms with E-state index in [0.717, 1.165) is 5.56 Å². The molecular formula is C13H13NO2. The van der Waals surface area contributed by atoms with E-state index in [4.69, 9.17) is 0 Å². The third-order valence-electron chi connectivity index (χ3n) is 2.37. The van der Waals surface area contributed by atoms with E-state index < -0.39 is 6.10 Å². The van der Waals surface area contributed by atoms with Crippen LogP contribution < -0.4 is 0 Å². The molecule has 2 N–H and O–H groups in total. The van der Waals surface area contributed by atoms with Gasteiger partial charge >= 0.3 is 0 Å². The Kier molecular flexibility index (Phi) is 3.17. The van der Waals surface area contributed by atoms with Crippen molar-refractivity contribution in [2.24, 2.45) is 0 Å². The molecule has 1 aromatic carbocycles. The lowest BCUT2D eigenvalue weighted by Gasteiger charge is -2.09. The number of benzene rings is 1. The topological polar surface area (TPSA) is 53.4 Å². The molecule has 3 nitrogen and oxygen atoms in total. The van der Waals surface area contributed by atoms with Crippen LogP contribution in [0.5, 0.6) is 5.75 Å². The highest BCUT2D eigenvalue weighted by Crippen LogP contribution is 2.18. The molecule has 0 saturated heterocycles. The van der Waals surface area contributed by atoms with Gasteiger partial charge < -0.3 is 10.2 Å². The minimum Gasteiger partial charge on any atom is -0.508 e. The Morgan fingerprint density at radius 3 is 2.69 bits per heavy atom. The average Bonchev–Trinajstić information content (AvgIpc) is 2.30. The first kappa shape index (κ1) is 10.6. The van der Waals surface area contributed by atoms with Crippen molar-refractivity contribution >= 4 is 0 Å². The summed E-state index contributed by atoms with van der Waals surface area (Å²) in [5, 5.41) is 19.2. The third-order valence-corrected chi connectivity index (χ3v) is 2.37. The maximum Gasteiger partial charge on any atom is 0.115 e. The van der Waals surface area contributed by atoms with E-state index in [1.807, 2.05) is 18.2 Å². The van der Waals surface area contributed by atoms with Gasteiger partial charge in [-0.05, 0) is 29.8 Å². The molecule has 82 valence electrons. The van der Waals surface area contributed by atoms with E-state index in [-0.39, 0.29) is 5.75 Å². The minimum atomic E-state index is -0.636. The molecule has 0 saturated carbocycles. The van der Waals surface area contributed by atoms with Gasteiger partial charge in [-0.15, -0.1) is 0 Å². The Bertz CT molecular complexity index is 456. The molecule has 1 heterocycles. The first-order valence-electron chi connectivity index (χ1n) is 5.12. The number of hydrogen-bond donors (Lipinski definition) is 2. The molecule has 2 rings (SSSR count). The van der Waals surface area contributed by atoms with E-state index in [2.05, 4.69) is 4.98 Å². The second kappa shape index (κ2) is 4.77. The molecule has 1 aromatic heterocycles. The number of aliphatic hydroxyl groups excluding tert-OH is 1. The molecule has 0 radical (unpaired) electrons. The van der Waals surface area contributed by atoms with Crippen LogP contribution in [0.2, 0.25) is 0 Å². The fraction of sp³-hybridized carbons (Fsp3) is 0.154. The standard InChI is InChI=1S/C13H13NO2/c15-11-5-3-4-10(8-11)9-13(16)12-6-1-2-7-14-12/h1-8,13,15-16H,9H2. The lowest BCUT2D eigenvalue weighted by Crippen LogP contribution is -2.03. The van der Waals surface area contributed by atoms with Crippen LogP contribution in [0.25, 0.3) is 0 Å². The van der Waals surface area contributed by atoms with Crippen LogP contribution in [0.3, 0.4) is 0 Å². The van der Waals surface area contributed by atoms with Crippen molar-refractivity contribution < 1.29 is 10.2 Å². The summed E-state index contributed by atoms with van der Waals surface area (Å²) in [6, 6.07) is 12.3. The van der Waals surface area contributed by atoms with Crippen molar-refractivity contribution in [1.29, 1.82) is 0 Å². The van der Waals surface area contributed by atoms with E-state index in [9.17, 15) is 10.2 Å². The normalized spacial score (nSPS) is 12.3. The molecule has 3 heteroatoms. The van der Waals surface area contributed by atoms with E-state index in [0.29, 0.717) is 12.1 Å². The van der Waals surface area contributed by atoms with E-state index in [1.54, 1.807) is 30.5 Å². The Balaban J connectivity index is 2.11. The molecule has 0 aliphatic rings. The largest absolute Gasteiger partial charge is 0.508 e. The lowest BCUT2D eigenvalue weighted by atomic mass is 10.1. The monoisotopic (exact) mass is 215 g/mol. The van der Waals surface area contributed by atoms with Crippen molar-refractivity contribution in [1.82, 2.24) is 4.98 Å². The summed E-state index contributed by atoms with van der Waals surface area (Å²) in [4.78, 5) is 4.08. The number of hydrogen-bond acceptors (Lipinski definition) is 3. The number of phenols is 1. The van der Waals surface area contributed by atoms with Gasteiger partial charge in [0.1, 0.15) is 5.75 Å². The Hall–Kier alpha value is -1.87. The Labute approximate surface area is 94.0 Å². The first-order valence-corrected chi connectivity index (χ1v) is 5.12. The second-order valence-electron chi connectivity index (χ2n) is 3.64. The van der Waals surface area contributed by atoms with Crippen LogP contribution in [-0.4, -0.2) is 15.2 Å². The van der Waals surface area contributed by atoms with Crippen LogP contribution in [0, 0.1) is 0 Å². The van der Waals surface area contributed by atoms with Gasteiger partial charge in [0.2, 0.25) is 0 Å². The molecule has 2 aromatic rings. The van der Waals surface area contributed by atoms with Crippen molar-refractivity contribution in [3.8, 4) is 5.75 Å². The molecule has 0 amide bonds. The summed E-state index contributed by atoms with van der Waals surface area (Å²) < 4.78 is 0. The summed E-state index contributed by atoms with van der Waals surface area (Å²) in [5.41, 5.74) is 1.53. The Morgan fingerprint density at radius 1 is 1.12 bits per heavy atom. The van der Waals surface area contributed by atoms with Gasteiger partial charge in [-0.3, -0.25) is 4.98 Å². The smallest absolute Gasteiger partial charge is 0.115 e. The van der Waals surface area contributed by atoms with Crippen LogP contribution in [-0.2, 0) is 6.42 Å². The molecule has 0 spiro atoms. The SMILES string of the molecule is Oc1cccc(CC(O)c2ccccn2)c1. The highest BCUT2D eigenvalue weighted by molar-refractivity contribution is 5.28. The molecule has 16 heavy (non-hydrogen) atoms. The minimum absolute atomic E-state index is 0.214. The van der Waals surface area contributed by atoms with Gasteiger partial charge in [0.05, 0.1) is 11.8 Å². The van der Waals surface area contributed by atoms with Gasteiger partial charge in [-0.25, -0.2) is 0 Å². The number of pyridine rings is 1. The summed E-state index contributed by atoms with van der Waals surface area (Å²) in [6.07, 6.45) is 1.47. The lowest BCUT2D eigenvalue weighted by molar-refractivity contribution is 0.173. The van der Waals surface area contributed by atoms with Gasteiger partial charge in [0, 0.05) is 12.6 Å². The first-order chi connectivity index (χ1) is 7.75. The molecule has 1 atom stereocenters. The predicted octanol–water partition coefficient (Wildman–Crippen LogP) is 2.06. The van der Waals surface area contributed by atoms with Gasteiger partial charge in [0.25, 0.3) is 0 Å². The zero-order chi connectivity index (χ0) is 11.4. The summed E-state index contributed by atoms with van der Waals surface area (Å²) in [7, 11) is 0. The van der Waals surface area contributed by atoms with Crippen molar-refractivity contribution in [3.05, 3.63) is 59.9 Å². The number of aromatic hydroxyl groups is 1. The van der Waals surface area contributed by atoms with Crippen LogP contribution >= 0.6 is 0 Å².